The van der Waals surface area contributed by atoms with Crippen molar-refractivity contribution in [3.63, 3.8) is 0 Å². The maximum absolute atomic E-state index is 12.5. The Kier molecular flexibility index (Phi) is 6.34. The first-order chi connectivity index (χ1) is 15.0. The highest BCUT2D eigenvalue weighted by Gasteiger charge is 2.14. The molecule has 0 radical (unpaired) electrons. The molecule has 3 aromatic carbocycles. The Bertz CT molecular complexity index is 1230. The van der Waals surface area contributed by atoms with E-state index in [1.807, 2.05) is 62.4 Å². The number of carbonyl (C=O) groups is 1. The van der Waals surface area contributed by atoms with E-state index >= 15 is 0 Å². The zero-order valence-corrected chi connectivity index (χ0v) is 18.6. The predicted octanol–water partition coefficient (Wildman–Crippen LogP) is 5.33. The Hall–Kier alpha value is -3.16. The van der Waals surface area contributed by atoms with E-state index in [4.69, 9.17) is 11.6 Å². The van der Waals surface area contributed by atoms with Crippen LogP contribution in [0.1, 0.15) is 11.1 Å². The summed E-state index contributed by atoms with van der Waals surface area (Å²) in [4.78, 5) is 12.5. The summed E-state index contributed by atoms with van der Waals surface area (Å²) >= 11 is 7.58. The van der Waals surface area contributed by atoms with Gasteiger partial charge >= 0.3 is 0 Å². The summed E-state index contributed by atoms with van der Waals surface area (Å²) < 4.78 is 1.54. The Morgan fingerprint density at radius 3 is 2.58 bits per heavy atom. The maximum Gasteiger partial charge on any atom is 0.234 e. The number of aryl methyl sites for hydroxylation is 2. The van der Waals surface area contributed by atoms with Gasteiger partial charge in [0.2, 0.25) is 11.1 Å². The zero-order chi connectivity index (χ0) is 21.8. The number of benzene rings is 3. The SMILES string of the molecule is Cc1ccc(-n2nnnc2SCC(=O)Nc2ccc(-c3ccccc3)cc2C)c(Cl)c1. The van der Waals surface area contributed by atoms with Gasteiger partial charge in [-0.1, -0.05) is 65.8 Å². The minimum atomic E-state index is -0.134. The summed E-state index contributed by atoms with van der Waals surface area (Å²) in [6.07, 6.45) is 0. The average molecular weight is 450 g/mol. The molecule has 31 heavy (non-hydrogen) atoms. The van der Waals surface area contributed by atoms with Crippen molar-refractivity contribution in [2.75, 3.05) is 11.1 Å². The van der Waals surface area contributed by atoms with Crippen LogP contribution in [0.3, 0.4) is 0 Å². The molecule has 0 aliphatic heterocycles. The number of halogens is 1. The number of aromatic nitrogens is 4. The van der Waals surface area contributed by atoms with Crippen LogP contribution in [0.15, 0.2) is 71.9 Å². The normalized spacial score (nSPS) is 10.8. The van der Waals surface area contributed by atoms with Gasteiger partial charge < -0.3 is 5.32 Å². The molecule has 8 heteroatoms. The fourth-order valence-electron chi connectivity index (χ4n) is 3.13. The van der Waals surface area contributed by atoms with Crippen LogP contribution in [0, 0.1) is 13.8 Å². The monoisotopic (exact) mass is 449 g/mol. The van der Waals surface area contributed by atoms with Crippen LogP contribution >= 0.6 is 23.4 Å². The van der Waals surface area contributed by atoms with E-state index in [0.29, 0.717) is 15.9 Å². The number of hydrogen-bond donors (Lipinski definition) is 1. The van der Waals surface area contributed by atoms with E-state index in [9.17, 15) is 4.79 Å². The third-order valence-electron chi connectivity index (χ3n) is 4.71. The zero-order valence-electron chi connectivity index (χ0n) is 17.0. The second-order valence-electron chi connectivity index (χ2n) is 7.06. The number of thioether (sulfide) groups is 1. The van der Waals surface area contributed by atoms with Gasteiger partial charge in [-0.25, -0.2) is 0 Å². The predicted molar refractivity (Wildman–Crippen MR) is 125 cm³/mol. The number of tetrazole rings is 1. The highest BCUT2D eigenvalue weighted by molar-refractivity contribution is 7.99. The second-order valence-corrected chi connectivity index (χ2v) is 8.41. The lowest BCUT2D eigenvalue weighted by atomic mass is 10.0. The minimum absolute atomic E-state index is 0.134. The van der Waals surface area contributed by atoms with E-state index < -0.39 is 0 Å². The summed E-state index contributed by atoms with van der Waals surface area (Å²) in [5.74, 6) is 0.0362. The van der Waals surface area contributed by atoms with Crippen molar-refractivity contribution in [1.82, 2.24) is 20.2 Å². The van der Waals surface area contributed by atoms with Gasteiger partial charge in [-0.2, -0.15) is 4.68 Å². The molecule has 0 fully saturated rings. The fraction of sp³-hybridized carbons (Fsp3) is 0.130. The van der Waals surface area contributed by atoms with Crippen molar-refractivity contribution in [1.29, 1.82) is 0 Å². The van der Waals surface area contributed by atoms with Crippen LogP contribution in [-0.2, 0) is 4.79 Å². The van der Waals surface area contributed by atoms with Crippen molar-refractivity contribution in [2.24, 2.45) is 0 Å². The molecule has 0 aliphatic carbocycles. The number of anilines is 1. The van der Waals surface area contributed by atoms with Crippen molar-refractivity contribution in [2.45, 2.75) is 19.0 Å². The quantitative estimate of drug-likeness (QED) is 0.403. The van der Waals surface area contributed by atoms with Crippen LogP contribution in [0.2, 0.25) is 5.02 Å². The molecule has 0 saturated heterocycles. The summed E-state index contributed by atoms with van der Waals surface area (Å²) in [7, 11) is 0. The molecule has 6 nitrogen and oxygen atoms in total. The highest BCUT2D eigenvalue weighted by atomic mass is 35.5. The van der Waals surface area contributed by atoms with Gasteiger partial charge in [0.25, 0.3) is 0 Å². The Morgan fingerprint density at radius 1 is 1.03 bits per heavy atom. The van der Waals surface area contributed by atoms with Gasteiger partial charge in [0, 0.05) is 5.69 Å². The molecule has 1 amide bonds. The number of nitrogens with zero attached hydrogens (tertiary/aromatic N) is 4. The molecular formula is C23H20ClN5OS. The number of hydrogen-bond acceptors (Lipinski definition) is 5. The first-order valence-corrected chi connectivity index (χ1v) is 11.0. The van der Waals surface area contributed by atoms with Crippen molar-refractivity contribution in [3.05, 3.63) is 82.9 Å². The van der Waals surface area contributed by atoms with Crippen LogP contribution in [0.5, 0.6) is 0 Å². The molecule has 0 spiro atoms. The smallest absolute Gasteiger partial charge is 0.234 e. The lowest BCUT2D eigenvalue weighted by Gasteiger charge is -2.11. The van der Waals surface area contributed by atoms with E-state index in [-0.39, 0.29) is 11.7 Å². The van der Waals surface area contributed by atoms with E-state index in [0.717, 1.165) is 27.9 Å². The minimum Gasteiger partial charge on any atom is -0.325 e. The molecule has 1 aromatic heterocycles. The lowest BCUT2D eigenvalue weighted by Crippen LogP contribution is -2.15. The Morgan fingerprint density at radius 2 is 1.84 bits per heavy atom. The van der Waals surface area contributed by atoms with Crippen LogP contribution in [0.25, 0.3) is 16.8 Å². The number of rotatable bonds is 6. The van der Waals surface area contributed by atoms with E-state index in [1.54, 1.807) is 4.68 Å². The third kappa shape index (κ3) is 4.95. The molecule has 0 unspecified atom stereocenters. The molecule has 1 N–H and O–H groups in total. The summed E-state index contributed by atoms with van der Waals surface area (Å²) in [5, 5.41) is 15.8. The molecule has 1 heterocycles. The first-order valence-electron chi connectivity index (χ1n) is 9.65. The number of nitrogens with one attached hydrogen (secondary N) is 1. The molecule has 0 atom stereocenters. The van der Waals surface area contributed by atoms with Crippen molar-refractivity contribution >= 4 is 35.0 Å². The second kappa shape index (κ2) is 9.32. The van der Waals surface area contributed by atoms with Gasteiger partial charge in [0.1, 0.15) is 0 Å². The van der Waals surface area contributed by atoms with Crippen LogP contribution in [-0.4, -0.2) is 31.9 Å². The van der Waals surface area contributed by atoms with Crippen molar-refractivity contribution in [3.8, 4) is 16.8 Å². The maximum atomic E-state index is 12.5. The van der Waals surface area contributed by atoms with Gasteiger partial charge in [0.15, 0.2) is 0 Å². The summed E-state index contributed by atoms with van der Waals surface area (Å²) in [5.41, 5.74) is 5.75. The molecular weight excluding hydrogens is 430 g/mol. The molecule has 0 aliphatic rings. The highest BCUT2D eigenvalue weighted by Crippen LogP contribution is 2.27. The van der Waals surface area contributed by atoms with Gasteiger partial charge in [0.05, 0.1) is 16.5 Å². The average Bonchev–Trinajstić information content (AvgIpc) is 3.22. The van der Waals surface area contributed by atoms with Crippen LogP contribution < -0.4 is 5.32 Å². The van der Waals surface area contributed by atoms with Crippen molar-refractivity contribution < 1.29 is 4.79 Å². The first kappa shape index (κ1) is 21.1. The van der Waals surface area contributed by atoms with Crippen LogP contribution in [0.4, 0.5) is 5.69 Å². The molecule has 0 bridgehead atoms. The lowest BCUT2D eigenvalue weighted by molar-refractivity contribution is -0.113. The Balaban J connectivity index is 1.42. The van der Waals surface area contributed by atoms with E-state index in [2.05, 4.69) is 39.0 Å². The number of amides is 1. The van der Waals surface area contributed by atoms with Gasteiger partial charge in [-0.3, -0.25) is 4.79 Å². The largest absolute Gasteiger partial charge is 0.325 e. The third-order valence-corrected chi connectivity index (χ3v) is 5.93. The molecule has 0 saturated carbocycles. The fourth-order valence-corrected chi connectivity index (χ4v) is 4.13. The van der Waals surface area contributed by atoms with Gasteiger partial charge in [-0.15, -0.1) is 5.10 Å². The summed E-state index contributed by atoms with van der Waals surface area (Å²) in [6, 6.07) is 21.8. The molecule has 156 valence electrons. The summed E-state index contributed by atoms with van der Waals surface area (Å²) in [6.45, 7) is 3.94. The molecule has 4 aromatic rings. The van der Waals surface area contributed by atoms with Gasteiger partial charge in [-0.05, 0) is 70.8 Å². The standard InChI is InChI=1S/C23H20ClN5OS/c1-15-8-11-21(19(24)12-15)29-23(26-27-28-29)31-14-22(30)25-20-10-9-18(13-16(20)2)17-6-4-3-5-7-17/h3-13H,14H2,1-2H3,(H,25,30). The topological polar surface area (TPSA) is 72.7 Å². The Labute approximate surface area is 189 Å². The number of carbonyl (C=O) groups excluding carboxylic acids is 1. The molecule has 4 rings (SSSR count). The van der Waals surface area contributed by atoms with E-state index in [1.165, 1.54) is 11.8 Å².